The Hall–Kier alpha value is -2.05. The zero-order valence-electron chi connectivity index (χ0n) is 15.1. The molecule has 2 aromatic carbocycles. The number of carbonyl (C=O) groups is 1. The number of hydrogen-bond donors (Lipinski definition) is 0. The molecule has 1 saturated heterocycles. The summed E-state index contributed by atoms with van der Waals surface area (Å²) in [5.41, 5.74) is 1.69. The number of ether oxygens (including phenoxy) is 1. The van der Waals surface area contributed by atoms with E-state index in [0.717, 1.165) is 17.7 Å². The molecule has 1 heterocycles. The maximum Gasteiger partial charge on any atom is 0.269 e. The molecule has 1 aliphatic heterocycles. The minimum absolute atomic E-state index is 0.177. The second-order valence-electron chi connectivity index (χ2n) is 6.23. The molecule has 2 aromatic rings. The number of nitrogens with zero attached hydrogens (tertiary/aromatic N) is 2. The molecule has 142 valence electrons. The van der Waals surface area contributed by atoms with E-state index in [-0.39, 0.29) is 11.7 Å². The van der Waals surface area contributed by atoms with Crippen molar-refractivity contribution in [3.8, 4) is 5.75 Å². The largest absolute Gasteiger partial charge is 0.481 e. The van der Waals surface area contributed by atoms with Crippen molar-refractivity contribution in [1.29, 1.82) is 0 Å². The quantitative estimate of drug-likeness (QED) is 0.700. The van der Waals surface area contributed by atoms with Crippen LogP contribution in [0.2, 0.25) is 5.02 Å². The molecule has 7 heteroatoms. The highest BCUT2D eigenvalue weighted by Crippen LogP contribution is 2.27. The summed E-state index contributed by atoms with van der Waals surface area (Å²) >= 11 is 7.72. The van der Waals surface area contributed by atoms with Gasteiger partial charge in [-0.1, -0.05) is 29.4 Å². The summed E-state index contributed by atoms with van der Waals surface area (Å²) in [6.45, 7) is 4.20. The highest BCUT2D eigenvalue weighted by Gasteiger charge is 2.28. The van der Waals surface area contributed by atoms with Crippen LogP contribution in [0, 0.1) is 12.7 Å². The summed E-state index contributed by atoms with van der Waals surface area (Å²) in [5, 5.41) is 1.28. The summed E-state index contributed by atoms with van der Waals surface area (Å²) in [7, 11) is 0. The second-order valence-corrected chi connectivity index (χ2v) is 7.70. The van der Waals surface area contributed by atoms with E-state index in [0.29, 0.717) is 28.2 Å². The molecule has 0 spiro atoms. The van der Waals surface area contributed by atoms with Crippen LogP contribution in [-0.2, 0) is 4.79 Å². The van der Waals surface area contributed by atoms with Gasteiger partial charge in [0.25, 0.3) is 5.91 Å². The summed E-state index contributed by atoms with van der Waals surface area (Å²) < 4.78 is 18.7. The Kier molecular flexibility index (Phi) is 6.39. The summed E-state index contributed by atoms with van der Waals surface area (Å²) in [6, 6.07) is 11.2. The van der Waals surface area contributed by atoms with Crippen LogP contribution >= 0.6 is 23.4 Å². The van der Waals surface area contributed by atoms with E-state index >= 15 is 0 Å². The van der Waals surface area contributed by atoms with E-state index in [4.69, 9.17) is 16.3 Å². The van der Waals surface area contributed by atoms with Crippen molar-refractivity contribution >= 4 is 40.1 Å². The van der Waals surface area contributed by atoms with Crippen molar-refractivity contribution in [3.63, 3.8) is 0 Å². The number of benzene rings is 2. The molecule has 0 aromatic heterocycles. The number of rotatable bonds is 4. The lowest BCUT2D eigenvalue weighted by atomic mass is 10.2. The average molecular weight is 407 g/mol. The number of amidine groups is 1. The van der Waals surface area contributed by atoms with Crippen LogP contribution in [0.1, 0.15) is 18.9 Å². The van der Waals surface area contributed by atoms with Crippen LogP contribution in [0.4, 0.5) is 10.1 Å². The highest BCUT2D eigenvalue weighted by molar-refractivity contribution is 8.13. The number of aliphatic imine (C=N–C) groups is 1. The van der Waals surface area contributed by atoms with Gasteiger partial charge in [-0.15, -0.1) is 0 Å². The lowest BCUT2D eigenvalue weighted by Crippen LogP contribution is -2.45. The zero-order chi connectivity index (χ0) is 19.4. The number of carbonyl (C=O) groups excluding carboxylic acids is 1. The molecule has 27 heavy (non-hydrogen) atoms. The van der Waals surface area contributed by atoms with Crippen molar-refractivity contribution in [2.75, 3.05) is 12.3 Å². The topological polar surface area (TPSA) is 41.9 Å². The van der Waals surface area contributed by atoms with Gasteiger partial charge in [0.2, 0.25) is 0 Å². The third-order valence-corrected chi connectivity index (χ3v) is 5.58. The van der Waals surface area contributed by atoms with Crippen LogP contribution in [0.3, 0.4) is 0 Å². The molecule has 4 nitrogen and oxygen atoms in total. The van der Waals surface area contributed by atoms with Gasteiger partial charge in [0.15, 0.2) is 11.3 Å². The molecule has 0 radical (unpaired) electrons. The van der Waals surface area contributed by atoms with Gasteiger partial charge in [-0.25, -0.2) is 9.38 Å². The first-order valence-electron chi connectivity index (χ1n) is 8.65. The Morgan fingerprint density at radius 1 is 1.30 bits per heavy atom. The summed E-state index contributed by atoms with van der Waals surface area (Å²) in [5.74, 6) is 0.823. The Labute approximate surface area is 167 Å². The molecule has 0 saturated carbocycles. The summed E-state index contributed by atoms with van der Waals surface area (Å²) in [4.78, 5) is 19.2. The first-order chi connectivity index (χ1) is 12.9. The predicted octanol–water partition coefficient (Wildman–Crippen LogP) is 5.21. The van der Waals surface area contributed by atoms with Crippen LogP contribution in [0.5, 0.6) is 5.75 Å². The standard InChI is InChI=1S/C20H20ClFN2O2S/c1-13-4-7-16(12-18(13)21)23-20-24(10-3-11-27-20)19(25)14(2)26-17-8-5-15(22)6-9-17/h4-9,12,14H,3,10-11H2,1-2H3. The van der Waals surface area contributed by atoms with Gasteiger partial charge in [0.1, 0.15) is 11.6 Å². The smallest absolute Gasteiger partial charge is 0.269 e. The minimum Gasteiger partial charge on any atom is -0.481 e. The maximum atomic E-state index is 13.0. The number of thioether (sulfide) groups is 1. The van der Waals surface area contributed by atoms with Gasteiger partial charge >= 0.3 is 0 Å². The van der Waals surface area contributed by atoms with Crippen LogP contribution in [-0.4, -0.2) is 34.4 Å². The van der Waals surface area contributed by atoms with Gasteiger partial charge in [-0.2, -0.15) is 0 Å². The lowest BCUT2D eigenvalue weighted by molar-refractivity contribution is -0.133. The molecule has 1 aliphatic rings. The van der Waals surface area contributed by atoms with Gasteiger partial charge in [0.05, 0.1) is 5.69 Å². The van der Waals surface area contributed by atoms with Crippen molar-refractivity contribution in [1.82, 2.24) is 4.90 Å². The van der Waals surface area contributed by atoms with Crippen molar-refractivity contribution < 1.29 is 13.9 Å². The molecule has 0 aliphatic carbocycles. The van der Waals surface area contributed by atoms with E-state index in [1.165, 1.54) is 36.0 Å². The van der Waals surface area contributed by atoms with E-state index in [2.05, 4.69) is 4.99 Å². The van der Waals surface area contributed by atoms with Crippen molar-refractivity contribution in [2.24, 2.45) is 4.99 Å². The van der Waals surface area contributed by atoms with Crippen molar-refractivity contribution in [3.05, 3.63) is 58.9 Å². The molecule has 3 rings (SSSR count). The van der Waals surface area contributed by atoms with Crippen LogP contribution in [0.15, 0.2) is 47.5 Å². The number of hydrogen-bond acceptors (Lipinski definition) is 4. The monoisotopic (exact) mass is 406 g/mol. The average Bonchev–Trinajstić information content (AvgIpc) is 2.66. The van der Waals surface area contributed by atoms with E-state index in [1.807, 2.05) is 19.1 Å². The first kappa shape index (κ1) is 19.7. The van der Waals surface area contributed by atoms with E-state index < -0.39 is 6.10 Å². The third kappa shape index (κ3) is 5.02. The highest BCUT2D eigenvalue weighted by atomic mass is 35.5. The first-order valence-corrected chi connectivity index (χ1v) is 10.0. The number of halogens is 2. The fourth-order valence-corrected chi connectivity index (χ4v) is 3.74. The van der Waals surface area contributed by atoms with Crippen LogP contribution in [0.25, 0.3) is 0 Å². The SMILES string of the molecule is Cc1ccc(N=C2SCCCN2C(=O)C(C)Oc2ccc(F)cc2)cc1Cl. The molecule has 1 fully saturated rings. The van der Waals surface area contributed by atoms with Gasteiger partial charge in [-0.05, 0) is 62.2 Å². The number of aryl methyl sites for hydroxylation is 1. The maximum absolute atomic E-state index is 13.0. The van der Waals surface area contributed by atoms with Crippen molar-refractivity contribution in [2.45, 2.75) is 26.4 Å². The third-order valence-electron chi connectivity index (χ3n) is 4.11. The van der Waals surface area contributed by atoms with Gasteiger partial charge < -0.3 is 4.74 Å². The second kappa shape index (κ2) is 8.76. The lowest BCUT2D eigenvalue weighted by Gasteiger charge is -2.30. The minimum atomic E-state index is -0.707. The molecular formula is C20H20ClFN2O2S. The van der Waals surface area contributed by atoms with Gasteiger partial charge in [0, 0.05) is 17.3 Å². The Morgan fingerprint density at radius 3 is 2.74 bits per heavy atom. The Bertz CT molecular complexity index is 858. The fraction of sp³-hybridized carbons (Fsp3) is 0.300. The molecule has 0 bridgehead atoms. The predicted molar refractivity (Wildman–Crippen MR) is 109 cm³/mol. The van der Waals surface area contributed by atoms with Gasteiger partial charge in [-0.3, -0.25) is 9.69 Å². The zero-order valence-corrected chi connectivity index (χ0v) is 16.7. The van der Waals surface area contributed by atoms with E-state index in [1.54, 1.807) is 17.9 Å². The fourth-order valence-electron chi connectivity index (χ4n) is 2.61. The molecule has 1 atom stereocenters. The Morgan fingerprint density at radius 2 is 2.04 bits per heavy atom. The summed E-state index contributed by atoms with van der Waals surface area (Å²) in [6.07, 6.45) is 0.175. The molecule has 1 unspecified atom stereocenters. The van der Waals surface area contributed by atoms with Crippen LogP contribution < -0.4 is 4.74 Å². The molecule has 0 N–H and O–H groups in total. The number of amides is 1. The normalized spacial score (nSPS) is 17.0. The Balaban J connectivity index is 1.77. The molecule has 1 amide bonds. The van der Waals surface area contributed by atoms with E-state index in [9.17, 15) is 9.18 Å². The molecular weight excluding hydrogens is 387 g/mol.